The molecule has 0 unspecified atom stereocenters. The Hall–Kier alpha value is -2.65. The lowest BCUT2D eigenvalue weighted by Gasteiger charge is -2.39. The van der Waals surface area contributed by atoms with E-state index in [1.165, 1.54) is 31.2 Å². The van der Waals surface area contributed by atoms with Crippen LogP contribution < -0.4 is 10.2 Å². The summed E-state index contributed by atoms with van der Waals surface area (Å²) in [6, 6.07) is 12.4. The zero-order valence-electron chi connectivity index (χ0n) is 15.6. The van der Waals surface area contributed by atoms with E-state index >= 15 is 0 Å². The van der Waals surface area contributed by atoms with Crippen molar-refractivity contribution in [2.24, 2.45) is 0 Å². The monoisotopic (exact) mass is 362 g/mol. The van der Waals surface area contributed by atoms with Crippen molar-refractivity contribution in [3.63, 3.8) is 0 Å². The van der Waals surface area contributed by atoms with Crippen molar-refractivity contribution in [2.75, 3.05) is 36.4 Å². The summed E-state index contributed by atoms with van der Waals surface area (Å²) in [4.78, 5) is 13.9. The SMILES string of the molecule is N#Cc1ccc(CN2CC(Nc3nccc(N4CCCCCC4)n3)C2)cc1. The van der Waals surface area contributed by atoms with Crippen LogP contribution >= 0.6 is 0 Å². The quantitative estimate of drug-likeness (QED) is 0.882. The number of aromatic nitrogens is 2. The van der Waals surface area contributed by atoms with Gasteiger partial charge >= 0.3 is 0 Å². The number of hydrogen-bond acceptors (Lipinski definition) is 6. The highest BCUT2D eigenvalue weighted by atomic mass is 15.3. The highest BCUT2D eigenvalue weighted by Gasteiger charge is 2.27. The fourth-order valence-electron chi connectivity index (χ4n) is 3.81. The second-order valence-corrected chi connectivity index (χ2v) is 7.48. The summed E-state index contributed by atoms with van der Waals surface area (Å²) in [5.74, 6) is 1.78. The molecule has 2 aliphatic heterocycles. The molecule has 2 aliphatic rings. The van der Waals surface area contributed by atoms with Gasteiger partial charge in [-0.1, -0.05) is 25.0 Å². The van der Waals surface area contributed by atoms with Gasteiger partial charge in [-0.3, -0.25) is 4.90 Å². The van der Waals surface area contributed by atoms with Crippen molar-refractivity contribution >= 4 is 11.8 Å². The van der Waals surface area contributed by atoms with Crippen molar-refractivity contribution in [3.8, 4) is 6.07 Å². The molecule has 27 heavy (non-hydrogen) atoms. The zero-order valence-corrected chi connectivity index (χ0v) is 15.6. The maximum Gasteiger partial charge on any atom is 0.224 e. The molecule has 2 fully saturated rings. The molecule has 0 radical (unpaired) electrons. The molecular formula is C21H26N6. The number of benzene rings is 1. The Morgan fingerprint density at radius 2 is 1.78 bits per heavy atom. The van der Waals surface area contributed by atoms with E-state index in [0.717, 1.165) is 44.5 Å². The molecule has 140 valence electrons. The number of rotatable bonds is 5. The minimum absolute atomic E-state index is 0.391. The first-order valence-electron chi connectivity index (χ1n) is 9.86. The molecule has 0 amide bonds. The molecule has 0 spiro atoms. The number of likely N-dealkylation sites (tertiary alicyclic amines) is 1. The van der Waals surface area contributed by atoms with Gasteiger partial charge in [0.2, 0.25) is 5.95 Å². The summed E-state index contributed by atoms with van der Waals surface area (Å²) in [5, 5.41) is 12.3. The van der Waals surface area contributed by atoms with E-state index in [0.29, 0.717) is 11.6 Å². The average molecular weight is 362 g/mol. The van der Waals surface area contributed by atoms with Gasteiger partial charge < -0.3 is 10.2 Å². The second-order valence-electron chi connectivity index (χ2n) is 7.48. The van der Waals surface area contributed by atoms with E-state index in [4.69, 9.17) is 10.2 Å². The predicted molar refractivity (Wildman–Crippen MR) is 107 cm³/mol. The van der Waals surface area contributed by atoms with E-state index in [1.54, 1.807) is 0 Å². The lowest BCUT2D eigenvalue weighted by Crippen LogP contribution is -2.54. The zero-order chi connectivity index (χ0) is 18.5. The van der Waals surface area contributed by atoms with Gasteiger partial charge in [-0.25, -0.2) is 4.98 Å². The van der Waals surface area contributed by atoms with Crippen LogP contribution in [0.3, 0.4) is 0 Å². The normalized spacial score (nSPS) is 18.4. The van der Waals surface area contributed by atoms with Crippen LogP contribution in [0.1, 0.15) is 36.8 Å². The van der Waals surface area contributed by atoms with Crippen molar-refractivity contribution in [2.45, 2.75) is 38.3 Å². The van der Waals surface area contributed by atoms with Crippen LogP contribution in [0.2, 0.25) is 0 Å². The highest BCUT2D eigenvalue weighted by Crippen LogP contribution is 2.20. The van der Waals surface area contributed by atoms with Crippen molar-refractivity contribution in [1.82, 2.24) is 14.9 Å². The third-order valence-electron chi connectivity index (χ3n) is 5.35. The van der Waals surface area contributed by atoms with E-state index in [1.807, 2.05) is 36.5 Å². The molecule has 0 bridgehead atoms. The third kappa shape index (κ3) is 4.55. The van der Waals surface area contributed by atoms with Gasteiger partial charge in [-0.05, 0) is 36.6 Å². The van der Waals surface area contributed by atoms with Crippen molar-refractivity contribution in [1.29, 1.82) is 5.26 Å². The number of anilines is 2. The maximum absolute atomic E-state index is 8.88. The number of nitrogens with zero attached hydrogens (tertiary/aromatic N) is 5. The van der Waals surface area contributed by atoms with Crippen LogP contribution in [-0.4, -0.2) is 47.1 Å². The van der Waals surface area contributed by atoms with E-state index in [2.05, 4.69) is 26.2 Å². The number of nitrogens with one attached hydrogen (secondary N) is 1. The minimum atomic E-state index is 0.391. The molecule has 0 saturated carbocycles. The number of hydrogen-bond donors (Lipinski definition) is 1. The van der Waals surface area contributed by atoms with Gasteiger partial charge in [-0.15, -0.1) is 0 Å². The molecule has 0 atom stereocenters. The highest BCUT2D eigenvalue weighted by molar-refractivity contribution is 5.43. The molecule has 4 rings (SSSR count). The number of nitriles is 1. The van der Waals surface area contributed by atoms with Crippen LogP contribution in [0.25, 0.3) is 0 Å². The molecule has 0 aliphatic carbocycles. The van der Waals surface area contributed by atoms with Gasteiger partial charge in [0.15, 0.2) is 0 Å². The fourth-order valence-corrected chi connectivity index (χ4v) is 3.81. The van der Waals surface area contributed by atoms with E-state index in [9.17, 15) is 0 Å². The average Bonchev–Trinajstić information content (AvgIpc) is 2.97. The van der Waals surface area contributed by atoms with Gasteiger partial charge in [0, 0.05) is 38.9 Å². The molecule has 3 heterocycles. The first-order valence-corrected chi connectivity index (χ1v) is 9.86. The van der Waals surface area contributed by atoms with Crippen molar-refractivity contribution < 1.29 is 0 Å². The van der Waals surface area contributed by atoms with Crippen LogP contribution in [-0.2, 0) is 6.54 Å². The fraction of sp³-hybridized carbons (Fsp3) is 0.476. The second kappa shape index (κ2) is 8.36. The lowest BCUT2D eigenvalue weighted by molar-refractivity contribution is 0.152. The van der Waals surface area contributed by atoms with Crippen LogP contribution in [0.15, 0.2) is 36.5 Å². The van der Waals surface area contributed by atoms with Crippen LogP contribution in [0.4, 0.5) is 11.8 Å². The summed E-state index contributed by atoms with van der Waals surface area (Å²) in [7, 11) is 0. The Morgan fingerprint density at radius 3 is 2.48 bits per heavy atom. The molecule has 1 aromatic carbocycles. The molecule has 2 saturated heterocycles. The van der Waals surface area contributed by atoms with E-state index in [-0.39, 0.29) is 0 Å². The molecule has 1 N–H and O–H groups in total. The molecule has 1 aromatic heterocycles. The third-order valence-corrected chi connectivity index (χ3v) is 5.35. The largest absolute Gasteiger partial charge is 0.356 e. The minimum Gasteiger partial charge on any atom is -0.356 e. The first kappa shape index (κ1) is 17.7. The molecular weight excluding hydrogens is 336 g/mol. The summed E-state index contributed by atoms with van der Waals surface area (Å²) >= 11 is 0. The van der Waals surface area contributed by atoms with Crippen molar-refractivity contribution in [3.05, 3.63) is 47.7 Å². The Labute approximate surface area is 160 Å². The maximum atomic E-state index is 8.88. The van der Waals surface area contributed by atoms with Gasteiger partial charge in [0.1, 0.15) is 5.82 Å². The Kier molecular flexibility index (Phi) is 5.50. The molecule has 6 heteroatoms. The molecule has 6 nitrogen and oxygen atoms in total. The standard InChI is InChI=1S/C21H26N6/c22-13-17-5-7-18(8-6-17)14-26-15-19(16-26)24-21-23-10-9-20(25-21)27-11-3-1-2-4-12-27/h5-10,19H,1-4,11-12,14-16H2,(H,23,24,25). The van der Waals surface area contributed by atoms with Gasteiger partial charge in [0.05, 0.1) is 17.7 Å². The van der Waals surface area contributed by atoms with Crippen LogP contribution in [0, 0.1) is 11.3 Å². The lowest BCUT2D eigenvalue weighted by atomic mass is 10.1. The summed E-state index contributed by atoms with van der Waals surface area (Å²) in [6.07, 6.45) is 7.01. The predicted octanol–water partition coefficient (Wildman–Crippen LogP) is 3.02. The summed E-state index contributed by atoms with van der Waals surface area (Å²) in [6.45, 7) is 5.07. The Balaban J connectivity index is 1.28. The summed E-state index contributed by atoms with van der Waals surface area (Å²) < 4.78 is 0. The summed E-state index contributed by atoms with van der Waals surface area (Å²) in [5.41, 5.74) is 1.95. The molecule has 2 aromatic rings. The smallest absolute Gasteiger partial charge is 0.224 e. The van der Waals surface area contributed by atoms with Crippen LogP contribution in [0.5, 0.6) is 0 Å². The Morgan fingerprint density at radius 1 is 1.04 bits per heavy atom. The van der Waals surface area contributed by atoms with Gasteiger partial charge in [-0.2, -0.15) is 10.2 Å². The van der Waals surface area contributed by atoms with Gasteiger partial charge in [0.25, 0.3) is 0 Å². The Bertz CT molecular complexity index is 783. The first-order chi connectivity index (χ1) is 13.3. The van der Waals surface area contributed by atoms with E-state index < -0.39 is 0 Å². The topological polar surface area (TPSA) is 68.1 Å².